The molecule has 0 spiro atoms. The molecule has 4 nitrogen and oxygen atoms in total. The molecule has 0 N–H and O–H groups in total. The van der Waals surface area contributed by atoms with Gasteiger partial charge in [-0.15, -0.1) is 0 Å². The van der Waals surface area contributed by atoms with Gasteiger partial charge in [-0.2, -0.15) is 0 Å². The van der Waals surface area contributed by atoms with Crippen LogP contribution in [0.3, 0.4) is 0 Å². The fraction of sp³-hybridized carbons (Fsp3) is 0.0714. The van der Waals surface area contributed by atoms with Crippen LogP contribution in [0.1, 0.15) is 16.9 Å². The van der Waals surface area contributed by atoms with E-state index < -0.39 is 9.84 Å². The van der Waals surface area contributed by atoms with Gasteiger partial charge in [-0.3, -0.25) is 4.99 Å². The van der Waals surface area contributed by atoms with E-state index >= 15 is 0 Å². The molecule has 3 rings (SSSR count). The topological polar surface area (TPSA) is 59.6 Å². The van der Waals surface area contributed by atoms with Crippen LogP contribution in [-0.2, 0) is 9.84 Å². The molecule has 0 aliphatic carbocycles. The summed E-state index contributed by atoms with van der Waals surface area (Å²) in [5.74, 6) is 0.500. The number of hydrogen-bond acceptors (Lipinski definition) is 4. The lowest BCUT2D eigenvalue weighted by Crippen LogP contribution is -1.88. The Hall–Kier alpha value is -2.14. The van der Waals surface area contributed by atoms with Crippen LogP contribution in [0.2, 0.25) is 0 Å². The lowest BCUT2D eigenvalue weighted by molar-refractivity contribution is 0.601. The van der Waals surface area contributed by atoms with Crippen molar-refractivity contribution >= 4 is 39.2 Å². The smallest absolute Gasteiger partial charge is 0.168 e. The molecule has 0 atom stereocenters. The Morgan fingerprint density at radius 1 is 1.32 bits per heavy atom. The van der Waals surface area contributed by atoms with Gasteiger partial charge in [0.15, 0.2) is 9.84 Å². The minimum Gasteiger partial charge on any atom is -0.456 e. The van der Waals surface area contributed by atoms with Gasteiger partial charge in [0.25, 0.3) is 0 Å². The van der Waals surface area contributed by atoms with E-state index in [0.29, 0.717) is 5.76 Å². The van der Waals surface area contributed by atoms with Gasteiger partial charge in [-0.25, -0.2) is 8.42 Å². The third kappa shape index (κ3) is 2.24. The van der Waals surface area contributed by atoms with E-state index in [2.05, 4.69) is 4.99 Å². The molecule has 5 heteroatoms. The second-order valence-electron chi connectivity index (χ2n) is 4.33. The van der Waals surface area contributed by atoms with Crippen molar-refractivity contribution in [1.82, 2.24) is 0 Å². The monoisotopic (exact) mass is 273 g/mol. The first-order valence-corrected chi connectivity index (χ1v) is 7.63. The van der Waals surface area contributed by atoms with Gasteiger partial charge < -0.3 is 4.42 Å². The van der Waals surface area contributed by atoms with E-state index in [-0.39, 0.29) is 0 Å². The van der Waals surface area contributed by atoms with E-state index in [1.807, 2.05) is 24.3 Å². The lowest BCUT2D eigenvalue weighted by atomic mass is 10.1. The SMILES string of the molecule is CS(=O)(=O)/C=C/c1oc2cccc3c2c1C=NC=C3. The normalized spacial score (nSPS) is 14.4. The van der Waals surface area contributed by atoms with Crippen LogP contribution in [0.25, 0.3) is 23.1 Å². The van der Waals surface area contributed by atoms with Gasteiger partial charge in [0, 0.05) is 35.0 Å². The summed E-state index contributed by atoms with van der Waals surface area (Å²) in [6.45, 7) is 0. The van der Waals surface area contributed by atoms with Crippen molar-refractivity contribution in [2.24, 2.45) is 4.99 Å². The van der Waals surface area contributed by atoms with Gasteiger partial charge >= 0.3 is 0 Å². The molecule has 0 unspecified atom stereocenters. The molecule has 1 aromatic heterocycles. The predicted molar refractivity (Wildman–Crippen MR) is 76.7 cm³/mol. The molecule has 2 aromatic rings. The maximum Gasteiger partial charge on any atom is 0.168 e. The van der Waals surface area contributed by atoms with E-state index in [1.54, 1.807) is 12.4 Å². The van der Waals surface area contributed by atoms with Crippen molar-refractivity contribution in [2.75, 3.05) is 6.26 Å². The Morgan fingerprint density at radius 3 is 2.95 bits per heavy atom. The molecule has 0 amide bonds. The quantitative estimate of drug-likeness (QED) is 0.845. The minimum atomic E-state index is -3.19. The highest BCUT2D eigenvalue weighted by atomic mass is 32.2. The molecule has 2 heterocycles. The molecule has 0 fully saturated rings. The Kier molecular flexibility index (Phi) is 2.64. The highest BCUT2D eigenvalue weighted by Crippen LogP contribution is 2.30. The van der Waals surface area contributed by atoms with Crippen molar-refractivity contribution in [3.63, 3.8) is 0 Å². The van der Waals surface area contributed by atoms with Crippen LogP contribution in [0.5, 0.6) is 0 Å². The Labute approximate surface area is 110 Å². The molecular weight excluding hydrogens is 262 g/mol. The Morgan fingerprint density at radius 2 is 2.16 bits per heavy atom. The second kappa shape index (κ2) is 4.20. The first kappa shape index (κ1) is 11.9. The number of aliphatic imine (C=N–C) groups is 1. The molecule has 0 bridgehead atoms. The highest BCUT2D eigenvalue weighted by Gasteiger charge is 2.14. The van der Waals surface area contributed by atoms with Gasteiger partial charge in [0.05, 0.1) is 0 Å². The van der Waals surface area contributed by atoms with Crippen LogP contribution in [0, 0.1) is 0 Å². The largest absolute Gasteiger partial charge is 0.456 e. The van der Waals surface area contributed by atoms with Gasteiger partial charge in [-0.05, 0) is 23.8 Å². The zero-order valence-corrected chi connectivity index (χ0v) is 11.0. The molecule has 1 aliphatic heterocycles. The number of nitrogens with zero attached hydrogens (tertiary/aromatic N) is 1. The zero-order valence-electron chi connectivity index (χ0n) is 10.2. The fourth-order valence-corrected chi connectivity index (χ4v) is 2.41. The van der Waals surface area contributed by atoms with Crippen molar-refractivity contribution in [2.45, 2.75) is 0 Å². The van der Waals surface area contributed by atoms with Crippen molar-refractivity contribution in [3.05, 3.63) is 46.7 Å². The summed E-state index contributed by atoms with van der Waals surface area (Å²) in [6, 6.07) is 5.72. The summed E-state index contributed by atoms with van der Waals surface area (Å²) in [4.78, 5) is 4.14. The first-order chi connectivity index (χ1) is 9.04. The number of furan rings is 1. The number of benzene rings is 1. The fourth-order valence-electron chi connectivity index (χ4n) is 2.04. The number of sulfone groups is 1. The third-order valence-corrected chi connectivity index (χ3v) is 3.45. The maximum atomic E-state index is 11.2. The van der Waals surface area contributed by atoms with Gasteiger partial charge in [0.2, 0.25) is 0 Å². The number of rotatable bonds is 2. The van der Waals surface area contributed by atoms with Gasteiger partial charge in [0.1, 0.15) is 11.3 Å². The second-order valence-corrected chi connectivity index (χ2v) is 6.26. The Balaban J connectivity index is 2.28. The van der Waals surface area contributed by atoms with E-state index in [1.165, 1.54) is 6.08 Å². The average Bonchev–Trinajstić information content (AvgIpc) is 2.54. The van der Waals surface area contributed by atoms with Crippen LogP contribution >= 0.6 is 0 Å². The van der Waals surface area contributed by atoms with Crippen LogP contribution in [-0.4, -0.2) is 20.9 Å². The molecule has 0 saturated carbocycles. The summed E-state index contributed by atoms with van der Waals surface area (Å²) in [7, 11) is -3.19. The zero-order chi connectivity index (χ0) is 13.5. The molecule has 1 aromatic carbocycles. The minimum absolute atomic E-state index is 0.500. The van der Waals surface area contributed by atoms with E-state index in [0.717, 1.165) is 33.8 Å². The first-order valence-electron chi connectivity index (χ1n) is 5.68. The molecule has 0 radical (unpaired) electrons. The highest BCUT2D eigenvalue weighted by molar-refractivity contribution is 7.93. The van der Waals surface area contributed by atoms with Crippen molar-refractivity contribution in [1.29, 1.82) is 0 Å². The van der Waals surface area contributed by atoms with Crippen LogP contribution in [0.15, 0.2) is 39.2 Å². The van der Waals surface area contributed by atoms with Crippen molar-refractivity contribution in [3.8, 4) is 0 Å². The lowest BCUT2D eigenvalue weighted by Gasteiger charge is -1.94. The summed E-state index contributed by atoms with van der Waals surface area (Å²) in [5, 5.41) is 2.08. The van der Waals surface area contributed by atoms with Gasteiger partial charge in [-0.1, -0.05) is 12.1 Å². The van der Waals surface area contributed by atoms with Crippen molar-refractivity contribution < 1.29 is 12.8 Å². The molecule has 96 valence electrons. The summed E-state index contributed by atoms with van der Waals surface area (Å²) in [6.07, 6.45) is 7.89. The molecular formula is C14H11NO3S. The predicted octanol–water partition coefficient (Wildman–Crippen LogP) is 2.85. The maximum absolute atomic E-state index is 11.2. The third-order valence-electron chi connectivity index (χ3n) is 2.82. The number of hydrogen-bond donors (Lipinski definition) is 0. The summed E-state index contributed by atoms with van der Waals surface area (Å²) < 4.78 is 28.1. The molecule has 1 aliphatic rings. The van der Waals surface area contributed by atoms with Crippen LogP contribution in [0.4, 0.5) is 0 Å². The van der Waals surface area contributed by atoms with E-state index in [9.17, 15) is 8.42 Å². The van der Waals surface area contributed by atoms with Crippen LogP contribution < -0.4 is 0 Å². The summed E-state index contributed by atoms with van der Waals surface area (Å²) in [5.41, 5.74) is 2.53. The summed E-state index contributed by atoms with van der Waals surface area (Å²) >= 11 is 0. The van der Waals surface area contributed by atoms with E-state index in [4.69, 9.17) is 4.42 Å². The Bertz CT molecular complexity index is 839. The average molecular weight is 273 g/mol. The molecule has 19 heavy (non-hydrogen) atoms. The standard InChI is InChI=1S/C14H11NO3S/c1-19(16,17)8-6-12-11-9-15-7-5-10-3-2-4-13(18-12)14(10)11/h2-9H,1H3/b8-6+. The molecule has 0 saturated heterocycles.